The van der Waals surface area contributed by atoms with Gasteiger partial charge in [0.1, 0.15) is 5.75 Å². The lowest BCUT2D eigenvalue weighted by atomic mass is 9.88. The Morgan fingerprint density at radius 2 is 2.04 bits per heavy atom. The van der Waals surface area contributed by atoms with Gasteiger partial charge in [-0.05, 0) is 62.6 Å². The number of aryl methyl sites for hydroxylation is 1. The molecule has 0 saturated heterocycles. The molecule has 1 aliphatic carbocycles. The third kappa shape index (κ3) is 4.56. The summed E-state index contributed by atoms with van der Waals surface area (Å²) in [7, 11) is 1.64. The molecule has 1 saturated carbocycles. The van der Waals surface area contributed by atoms with Crippen LogP contribution in [0.1, 0.15) is 35.2 Å². The van der Waals surface area contributed by atoms with Gasteiger partial charge in [0.2, 0.25) is 0 Å². The van der Waals surface area contributed by atoms with E-state index in [9.17, 15) is 4.79 Å². The standard InChI is InChI=1S/C22H25N3O2/c1-15-5-3-6-16(13-15)22(26)25-21-8-4-7-20(19(21)14-23)24-17-9-11-18(27-2)12-10-17/h3,5-6,9-14,21H,4,7-8,23H2,1-2H3,(H,25,26)/b19-14+,24-20?. The Morgan fingerprint density at radius 1 is 1.26 bits per heavy atom. The molecule has 5 nitrogen and oxygen atoms in total. The summed E-state index contributed by atoms with van der Waals surface area (Å²) < 4.78 is 5.19. The Morgan fingerprint density at radius 3 is 2.70 bits per heavy atom. The number of carbonyl (C=O) groups is 1. The van der Waals surface area contributed by atoms with Crippen molar-refractivity contribution in [3.05, 3.63) is 71.4 Å². The fraction of sp³-hybridized carbons (Fsp3) is 0.273. The molecule has 2 aromatic rings. The second kappa shape index (κ2) is 8.54. The molecule has 0 heterocycles. The third-order valence-electron chi connectivity index (χ3n) is 4.72. The number of hydrogen-bond acceptors (Lipinski definition) is 4. The Hall–Kier alpha value is -3.08. The lowest BCUT2D eigenvalue weighted by Gasteiger charge is -2.27. The van der Waals surface area contributed by atoms with Crippen molar-refractivity contribution in [1.82, 2.24) is 5.32 Å². The van der Waals surface area contributed by atoms with Crippen LogP contribution in [0.4, 0.5) is 5.69 Å². The number of benzene rings is 2. The zero-order valence-electron chi connectivity index (χ0n) is 15.7. The maximum atomic E-state index is 12.6. The van der Waals surface area contributed by atoms with E-state index in [4.69, 9.17) is 15.5 Å². The van der Waals surface area contributed by atoms with Crippen molar-refractivity contribution >= 4 is 17.3 Å². The number of aliphatic imine (C=N–C) groups is 1. The molecular formula is C22H25N3O2. The van der Waals surface area contributed by atoms with Crippen LogP contribution in [0.5, 0.6) is 5.75 Å². The summed E-state index contributed by atoms with van der Waals surface area (Å²) >= 11 is 0. The van der Waals surface area contributed by atoms with E-state index in [1.165, 1.54) is 0 Å². The van der Waals surface area contributed by atoms with Crippen LogP contribution in [0, 0.1) is 6.92 Å². The summed E-state index contributed by atoms with van der Waals surface area (Å²) in [5.41, 5.74) is 10.3. The van der Waals surface area contributed by atoms with Crippen molar-refractivity contribution < 1.29 is 9.53 Å². The number of nitrogens with one attached hydrogen (secondary N) is 1. The molecule has 0 aromatic heterocycles. The van der Waals surface area contributed by atoms with Crippen LogP contribution in [0.25, 0.3) is 0 Å². The molecule has 1 unspecified atom stereocenters. The first-order valence-electron chi connectivity index (χ1n) is 9.12. The van der Waals surface area contributed by atoms with Gasteiger partial charge in [0.25, 0.3) is 5.91 Å². The lowest BCUT2D eigenvalue weighted by molar-refractivity contribution is 0.0941. The van der Waals surface area contributed by atoms with Gasteiger partial charge in [-0.1, -0.05) is 17.7 Å². The third-order valence-corrected chi connectivity index (χ3v) is 4.72. The molecule has 27 heavy (non-hydrogen) atoms. The van der Waals surface area contributed by atoms with Crippen molar-refractivity contribution in [2.24, 2.45) is 10.7 Å². The smallest absolute Gasteiger partial charge is 0.251 e. The molecular weight excluding hydrogens is 338 g/mol. The minimum Gasteiger partial charge on any atom is -0.497 e. The molecule has 3 N–H and O–H groups in total. The molecule has 0 spiro atoms. The van der Waals surface area contributed by atoms with Gasteiger partial charge in [0.15, 0.2) is 0 Å². The number of ether oxygens (including phenoxy) is 1. The van der Waals surface area contributed by atoms with Gasteiger partial charge in [0.05, 0.1) is 18.8 Å². The summed E-state index contributed by atoms with van der Waals surface area (Å²) in [6, 6.07) is 15.0. The van der Waals surface area contributed by atoms with E-state index in [1.807, 2.05) is 55.5 Å². The Labute approximate surface area is 160 Å². The monoisotopic (exact) mass is 363 g/mol. The molecule has 0 aliphatic heterocycles. The van der Waals surface area contributed by atoms with Gasteiger partial charge in [-0.25, -0.2) is 0 Å². The van der Waals surface area contributed by atoms with Crippen molar-refractivity contribution in [2.45, 2.75) is 32.2 Å². The number of rotatable bonds is 4. The normalized spacial score (nSPS) is 19.9. The topological polar surface area (TPSA) is 76.7 Å². The molecule has 2 aromatic carbocycles. The molecule has 1 fully saturated rings. The Kier molecular flexibility index (Phi) is 5.91. The number of carbonyl (C=O) groups excluding carboxylic acids is 1. The van der Waals surface area contributed by atoms with E-state index in [-0.39, 0.29) is 11.9 Å². The minimum absolute atomic E-state index is 0.0891. The zero-order chi connectivity index (χ0) is 19.2. The van der Waals surface area contributed by atoms with E-state index < -0.39 is 0 Å². The number of nitrogens with two attached hydrogens (primary N) is 1. The minimum atomic E-state index is -0.131. The molecule has 140 valence electrons. The first kappa shape index (κ1) is 18.7. The van der Waals surface area contributed by atoms with Crippen molar-refractivity contribution in [3.8, 4) is 5.75 Å². The van der Waals surface area contributed by atoms with E-state index in [0.29, 0.717) is 5.56 Å². The zero-order valence-corrected chi connectivity index (χ0v) is 15.7. The second-order valence-corrected chi connectivity index (χ2v) is 6.67. The van der Waals surface area contributed by atoms with Gasteiger partial charge in [0, 0.05) is 23.0 Å². The lowest BCUT2D eigenvalue weighted by Crippen LogP contribution is -2.41. The molecule has 1 aliphatic rings. The summed E-state index contributed by atoms with van der Waals surface area (Å²) in [4.78, 5) is 17.4. The first-order valence-corrected chi connectivity index (χ1v) is 9.12. The molecule has 5 heteroatoms. The van der Waals surface area contributed by atoms with E-state index in [2.05, 4.69) is 5.32 Å². The van der Waals surface area contributed by atoms with Crippen LogP contribution < -0.4 is 15.8 Å². The Bertz CT molecular complexity index is 869. The van der Waals surface area contributed by atoms with Crippen molar-refractivity contribution in [2.75, 3.05) is 7.11 Å². The van der Waals surface area contributed by atoms with Crippen LogP contribution in [0.3, 0.4) is 0 Å². The number of amides is 1. The van der Waals surface area contributed by atoms with Crippen molar-refractivity contribution in [3.63, 3.8) is 0 Å². The Balaban J connectivity index is 1.78. The van der Waals surface area contributed by atoms with Crippen LogP contribution in [-0.2, 0) is 0 Å². The maximum absolute atomic E-state index is 12.6. The van der Waals surface area contributed by atoms with E-state index in [0.717, 1.165) is 47.5 Å². The average molecular weight is 363 g/mol. The van der Waals surface area contributed by atoms with Gasteiger partial charge in [-0.3, -0.25) is 9.79 Å². The second-order valence-electron chi connectivity index (χ2n) is 6.67. The summed E-state index contributed by atoms with van der Waals surface area (Å²) in [5, 5.41) is 3.11. The predicted molar refractivity (Wildman–Crippen MR) is 109 cm³/mol. The SMILES string of the molecule is COc1ccc(N=C2CCCC(NC(=O)c3cccc(C)c3)/C2=C/N)cc1. The van der Waals surface area contributed by atoms with Crippen molar-refractivity contribution in [1.29, 1.82) is 0 Å². The van der Waals surface area contributed by atoms with Crippen LogP contribution in [0.2, 0.25) is 0 Å². The quantitative estimate of drug-likeness (QED) is 0.865. The van der Waals surface area contributed by atoms with Gasteiger partial charge < -0.3 is 15.8 Å². The number of nitrogens with zero attached hydrogens (tertiary/aromatic N) is 1. The maximum Gasteiger partial charge on any atom is 0.251 e. The molecule has 3 rings (SSSR count). The van der Waals surface area contributed by atoms with Gasteiger partial charge >= 0.3 is 0 Å². The van der Waals surface area contributed by atoms with E-state index in [1.54, 1.807) is 13.3 Å². The highest BCUT2D eigenvalue weighted by Gasteiger charge is 2.25. The summed E-state index contributed by atoms with van der Waals surface area (Å²) in [6.07, 6.45) is 4.21. The number of hydrogen-bond donors (Lipinski definition) is 2. The number of methoxy groups -OCH3 is 1. The van der Waals surface area contributed by atoms with Crippen LogP contribution in [-0.4, -0.2) is 24.8 Å². The predicted octanol–water partition coefficient (Wildman–Crippen LogP) is 3.90. The highest BCUT2D eigenvalue weighted by atomic mass is 16.5. The van der Waals surface area contributed by atoms with Crippen LogP contribution in [0.15, 0.2) is 65.3 Å². The fourth-order valence-electron chi connectivity index (χ4n) is 3.30. The largest absolute Gasteiger partial charge is 0.497 e. The molecule has 0 bridgehead atoms. The summed E-state index contributed by atoms with van der Waals surface area (Å²) in [6.45, 7) is 1.97. The van der Waals surface area contributed by atoms with E-state index >= 15 is 0 Å². The molecule has 1 atom stereocenters. The van der Waals surface area contributed by atoms with Crippen LogP contribution >= 0.6 is 0 Å². The highest BCUT2D eigenvalue weighted by Crippen LogP contribution is 2.26. The average Bonchev–Trinajstić information content (AvgIpc) is 2.69. The fourth-order valence-corrected chi connectivity index (χ4v) is 3.30. The highest BCUT2D eigenvalue weighted by molar-refractivity contribution is 6.04. The summed E-state index contributed by atoms with van der Waals surface area (Å²) in [5.74, 6) is 0.703. The first-order chi connectivity index (χ1) is 13.1. The van der Waals surface area contributed by atoms with Gasteiger partial charge in [-0.2, -0.15) is 0 Å². The molecule has 1 amide bonds. The molecule has 0 radical (unpaired) electrons. The van der Waals surface area contributed by atoms with Gasteiger partial charge in [-0.15, -0.1) is 0 Å².